The monoisotopic (exact) mass is 662 g/mol. The molecule has 2 aromatic carbocycles. The topological polar surface area (TPSA) is 74.8 Å². The molecule has 1 heterocycles. The number of nitrogens with zero attached hydrogens (tertiary/aromatic N) is 2. The highest BCUT2D eigenvalue weighted by Crippen LogP contribution is 2.44. The van der Waals surface area contributed by atoms with E-state index in [1.165, 1.54) is 37.3 Å². The van der Waals surface area contributed by atoms with Crippen molar-refractivity contribution >= 4 is 90.2 Å². The summed E-state index contributed by atoms with van der Waals surface area (Å²) in [5.41, 5.74) is 0.369. The predicted octanol–water partition coefficient (Wildman–Crippen LogP) is 6.20. The van der Waals surface area contributed by atoms with Crippen molar-refractivity contribution in [3.8, 4) is 0 Å². The van der Waals surface area contributed by atoms with Gasteiger partial charge in [0.1, 0.15) is 6.04 Å². The Balaban J connectivity index is 1.76. The molecule has 0 unspecified atom stereocenters. The van der Waals surface area contributed by atoms with Crippen LogP contribution in [0.3, 0.4) is 0 Å². The molecule has 0 spiro atoms. The molecule has 11 heteroatoms. The molecule has 0 N–H and O–H groups in total. The molecule has 35 heavy (non-hydrogen) atoms. The third-order valence-electron chi connectivity index (χ3n) is 6.35. The van der Waals surface area contributed by atoms with Crippen molar-refractivity contribution in [3.63, 3.8) is 0 Å². The van der Waals surface area contributed by atoms with Gasteiger partial charge in [0.2, 0.25) is 0 Å². The molecule has 1 aliphatic carbocycles. The van der Waals surface area contributed by atoms with Gasteiger partial charge < -0.3 is 0 Å². The number of halogens is 5. The Hall–Kier alpha value is -1.45. The van der Waals surface area contributed by atoms with Crippen LogP contribution in [-0.4, -0.2) is 49.2 Å². The summed E-state index contributed by atoms with van der Waals surface area (Å²) < 4.78 is 0. The van der Waals surface area contributed by atoms with E-state index >= 15 is 0 Å². The first-order valence-corrected chi connectivity index (χ1v) is 13.7. The molecule has 0 radical (unpaired) electrons. The predicted molar refractivity (Wildman–Crippen MR) is 141 cm³/mol. The Kier molecular flexibility index (Phi) is 7.98. The summed E-state index contributed by atoms with van der Waals surface area (Å²) in [7, 11) is 0. The summed E-state index contributed by atoms with van der Waals surface area (Å²) >= 11 is 25.2. The summed E-state index contributed by atoms with van der Waals surface area (Å²) in [4.78, 5) is 54.1. The lowest BCUT2D eigenvalue weighted by molar-refractivity contribution is -0.156. The lowest BCUT2D eigenvalue weighted by atomic mass is 9.81. The number of hydrazine groups is 1. The van der Waals surface area contributed by atoms with Gasteiger partial charge >= 0.3 is 0 Å². The van der Waals surface area contributed by atoms with Crippen molar-refractivity contribution in [2.24, 2.45) is 11.8 Å². The lowest BCUT2D eigenvalue weighted by Crippen LogP contribution is -2.56. The van der Waals surface area contributed by atoms with Crippen molar-refractivity contribution < 1.29 is 19.2 Å². The number of fused-ring (bicyclic) bond motifs is 1. The smallest absolute Gasteiger partial charge is 0.273 e. The molecule has 184 valence electrons. The van der Waals surface area contributed by atoms with Gasteiger partial charge in [-0.3, -0.25) is 19.2 Å². The first-order chi connectivity index (χ1) is 16.5. The molecule has 2 aromatic rings. The second-order valence-electron chi connectivity index (χ2n) is 8.53. The van der Waals surface area contributed by atoms with Crippen molar-refractivity contribution in [1.29, 1.82) is 0 Å². The average Bonchev–Trinajstić information content (AvgIpc) is 3.05. The minimum absolute atomic E-state index is 0.00667. The van der Waals surface area contributed by atoms with Crippen LogP contribution in [0.1, 0.15) is 40.5 Å². The van der Waals surface area contributed by atoms with Crippen LogP contribution in [0.5, 0.6) is 0 Å². The minimum atomic E-state index is -1.18. The summed E-state index contributed by atoms with van der Waals surface area (Å²) in [6.07, 6.45) is 0.853. The molecule has 5 atom stereocenters. The van der Waals surface area contributed by atoms with Gasteiger partial charge in [-0.1, -0.05) is 66.7 Å². The fourth-order valence-electron chi connectivity index (χ4n) is 4.46. The second kappa shape index (κ2) is 10.5. The zero-order valence-corrected chi connectivity index (χ0v) is 23.7. The number of ketones is 1. The molecule has 1 saturated carbocycles. The third-order valence-corrected chi connectivity index (χ3v) is 10.1. The Morgan fingerprint density at radius 2 is 1.40 bits per heavy atom. The highest BCUT2D eigenvalue weighted by atomic mass is 79.9. The fraction of sp³-hybridized carbons (Fsp3) is 0.333. The van der Waals surface area contributed by atoms with E-state index in [-0.39, 0.29) is 30.8 Å². The molecule has 4 rings (SSSR count). The van der Waals surface area contributed by atoms with Gasteiger partial charge in [-0.25, -0.2) is 5.01 Å². The summed E-state index contributed by atoms with van der Waals surface area (Å²) in [6.45, 7) is 1.48. The molecular weight excluding hydrogens is 646 g/mol. The van der Waals surface area contributed by atoms with Gasteiger partial charge in [-0.15, -0.1) is 0 Å². The van der Waals surface area contributed by atoms with Crippen LogP contribution < -0.4 is 0 Å². The molecule has 6 nitrogen and oxygen atoms in total. The first-order valence-electron chi connectivity index (χ1n) is 10.8. The van der Waals surface area contributed by atoms with E-state index in [1.54, 1.807) is 12.1 Å². The van der Waals surface area contributed by atoms with Crippen molar-refractivity contribution in [2.75, 3.05) is 0 Å². The van der Waals surface area contributed by atoms with Gasteiger partial charge in [0.15, 0.2) is 5.78 Å². The fourth-order valence-corrected chi connectivity index (χ4v) is 6.12. The minimum Gasteiger partial charge on any atom is -0.292 e. The molecule has 1 aliphatic heterocycles. The molecule has 3 amide bonds. The van der Waals surface area contributed by atoms with Gasteiger partial charge in [0.25, 0.3) is 17.7 Å². The zero-order valence-electron chi connectivity index (χ0n) is 18.3. The van der Waals surface area contributed by atoms with Gasteiger partial charge in [0, 0.05) is 25.8 Å². The number of rotatable bonds is 5. The van der Waals surface area contributed by atoms with Crippen LogP contribution in [0, 0.1) is 11.8 Å². The maximum atomic E-state index is 13.7. The number of Topliss-reactive ketones (excluding diaryl/α,β-unsaturated/α-hetero) is 1. The van der Waals surface area contributed by atoms with E-state index in [2.05, 4.69) is 31.9 Å². The normalized spacial score (nSPS) is 24.8. The van der Waals surface area contributed by atoms with Crippen molar-refractivity contribution in [2.45, 2.75) is 35.5 Å². The molecule has 2 aliphatic rings. The quantitative estimate of drug-likeness (QED) is 0.217. The van der Waals surface area contributed by atoms with Crippen molar-refractivity contribution in [3.05, 3.63) is 68.7 Å². The number of benzene rings is 2. The van der Waals surface area contributed by atoms with Crippen LogP contribution in [0.25, 0.3) is 0 Å². The summed E-state index contributed by atoms with van der Waals surface area (Å²) in [5.74, 6) is -3.38. The number of carbonyl (C=O) groups excluding carboxylic acids is 4. The summed E-state index contributed by atoms with van der Waals surface area (Å²) in [6, 6.07) is 9.22. The van der Waals surface area contributed by atoms with E-state index in [4.69, 9.17) is 34.8 Å². The Morgan fingerprint density at radius 3 is 1.91 bits per heavy atom. The maximum Gasteiger partial charge on any atom is 0.273 e. The Labute approximate surface area is 234 Å². The van der Waals surface area contributed by atoms with Gasteiger partial charge in [-0.05, 0) is 62.2 Å². The zero-order chi connectivity index (χ0) is 25.6. The van der Waals surface area contributed by atoms with Crippen LogP contribution >= 0.6 is 66.7 Å². The van der Waals surface area contributed by atoms with Crippen molar-refractivity contribution in [1.82, 2.24) is 10.0 Å². The van der Waals surface area contributed by atoms with E-state index in [0.29, 0.717) is 17.9 Å². The second-order valence-corrected chi connectivity index (χ2v) is 12.1. The number of imide groups is 1. The number of alkyl halides is 2. The Morgan fingerprint density at radius 1 is 0.886 bits per heavy atom. The highest BCUT2D eigenvalue weighted by Gasteiger charge is 2.55. The van der Waals surface area contributed by atoms with E-state index < -0.39 is 41.4 Å². The lowest BCUT2D eigenvalue weighted by Gasteiger charge is -2.34. The van der Waals surface area contributed by atoms with Crippen LogP contribution in [0.4, 0.5) is 0 Å². The molecule has 2 fully saturated rings. The Bertz CT molecular complexity index is 1180. The number of amides is 3. The standard InChI is InChI=1S/C24H19Br2Cl3N2O4/c1-11(21(32)12-2-5-14(27)6-3-12)30(22(33)13-4-7-19(28)20(29)8-13)31-23(34)15-9-17(25)18(26)10-16(15)24(31)35/h2-8,11,15-18H,9-10H2,1H3/t11-,15-,16+,17+,18-/m1/s1. The van der Waals surface area contributed by atoms with Crippen LogP contribution in [-0.2, 0) is 9.59 Å². The SMILES string of the molecule is C[C@H](C(=O)c1ccc(Cl)cc1)N(C(=O)c1ccc(Cl)c(Cl)c1)N1C(=O)[C@H]2C[C@@H](Br)[C@@H](Br)C[C@H]2C1=O. The van der Waals surface area contributed by atoms with E-state index in [1.807, 2.05) is 0 Å². The van der Waals surface area contributed by atoms with Crippen LogP contribution in [0.15, 0.2) is 42.5 Å². The first kappa shape index (κ1) is 26.6. The van der Waals surface area contributed by atoms with E-state index in [9.17, 15) is 19.2 Å². The largest absolute Gasteiger partial charge is 0.292 e. The molecule has 0 aromatic heterocycles. The summed E-state index contributed by atoms with van der Waals surface area (Å²) in [5, 5.41) is 2.62. The van der Waals surface area contributed by atoms with E-state index in [0.717, 1.165) is 10.0 Å². The molecule has 1 saturated heterocycles. The number of hydrogen-bond acceptors (Lipinski definition) is 4. The molecule has 0 bridgehead atoms. The van der Waals surface area contributed by atoms with Gasteiger partial charge in [0.05, 0.1) is 21.9 Å². The van der Waals surface area contributed by atoms with Gasteiger partial charge in [-0.2, -0.15) is 5.01 Å². The maximum absolute atomic E-state index is 13.7. The number of hydrogen-bond donors (Lipinski definition) is 0. The highest BCUT2D eigenvalue weighted by molar-refractivity contribution is 9.12. The molecular formula is C24H19Br2Cl3N2O4. The third kappa shape index (κ3) is 5.05. The van der Waals surface area contributed by atoms with Crippen LogP contribution in [0.2, 0.25) is 15.1 Å². The average molecular weight is 666 g/mol. The number of carbonyl (C=O) groups is 4.